The molecule has 0 spiro atoms. The molecule has 0 atom stereocenters. The number of aromatic nitrogens is 1. The monoisotopic (exact) mass is 269 g/mol. The summed E-state index contributed by atoms with van der Waals surface area (Å²) in [6.07, 6.45) is 1.81. The van der Waals surface area contributed by atoms with E-state index in [4.69, 9.17) is 10.5 Å². The molecule has 1 aliphatic rings. The highest BCUT2D eigenvalue weighted by Gasteiger charge is 2.11. The molecule has 1 aliphatic heterocycles. The summed E-state index contributed by atoms with van der Waals surface area (Å²) in [4.78, 5) is 6.79. The number of benzene rings is 1. The number of morpholine rings is 1. The van der Waals surface area contributed by atoms with Crippen LogP contribution in [0.4, 0.5) is 5.69 Å². The molecule has 2 heterocycles. The van der Waals surface area contributed by atoms with Gasteiger partial charge in [-0.05, 0) is 23.8 Å². The molecule has 1 saturated heterocycles. The molecule has 0 amide bonds. The van der Waals surface area contributed by atoms with Gasteiger partial charge in [0.2, 0.25) is 0 Å². The van der Waals surface area contributed by atoms with Crippen LogP contribution in [-0.2, 0) is 11.3 Å². The van der Waals surface area contributed by atoms with E-state index >= 15 is 0 Å². The van der Waals surface area contributed by atoms with Crippen molar-refractivity contribution in [2.45, 2.75) is 6.54 Å². The Labute approximate surface area is 119 Å². The van der Waals surface area contributed by atoms with Crippen LogP contribution in [0.2, 0.25) is 0 Å². The molecule has 0 bridgehead atoms. The fraction of sp³-hybridized carbons (Fsp3) is 0.312. The molecule has 1 aromatic carbocycles. The topological polar surface area (TPSA) is 51.4 Å². The minimum Gasteiger partial charge on any atom is -0.378 e. The zero-order valence-electron chi connectivity index (χ0n) is 11.5. The molecule has 20 heavy (non-hydrogen) atoms. The number of ether oxygens (including phenoxy) is 1. The van der Waals surface area contributed by atoms with E-state index in [2.05, 4.69) is 34.1 Å². The van der Waals surface area contributed by atoms with E-state index in [0.717, 1.165) is 43.1 Å². The molecule has 4 nitrogen and oxygen atoms in total. The lowest BCUT2D eigenvalue weighted by Gasteiger charge is -2.28. The molecule has 0 radical (unpaired) electrons. The largest absolute Gasteiger partial charge is 0.378 e. The number of hydrogen-bond donors (Lipinski definition) is 1. The zero-order chi connectivity index (χ0) is 13.8. The van der Waals surface area contributed by atoms with Gasteiger partial charge in [0.1, 0.15) is 0 Å². The second kappa shape index (κ2) is 6.03. The van der Waals surface area contributed by atoms with Crippen LogP contribution in [0.25, 0.3) is 11.3 Å². The second-order valence-electron chi connectivity index (χ2n) is 4.86. The van der Waals surface area contributed by atoms with Crippen molar-refractivity contribution in [2.24, 2.45) is 5.73 Å². The molecule has 2 N–H and O–H groups in total. The average molecular weight is 269 g/mol. The van der Waals surface area contributed by atoms with E-state index in [1.54, 1.807) is 0 Å². The van der Waals surface area contributed by atoms with Gasteiger partial charge < -0.3 is 15.4 Å². The highest BCUT2D eigenvalue weighted by Crippen LogP contribution is 2.24. The van der Waals surface area contributed by atoms with Gasteiger partial charge in [-0.25, -0.2) is 0 Å². The van der Waals surface area contributed by atoms with Crippen LogP contribution in [0.3, 0.4) is 0 Å². The van der Waals surface area contributed by atoms with Crippen LogP contribution in [0.15, 0.2) is 42.6 Å². The fourth-order valence-corrected chi connectivity index (χ4v) is 2.51. The molecule has 0 unspecified atom stereocenters. The van der Waals surface area contributed by atoms with E-state index in [9.17, 15) is 0 Å². The van der Waals surface area contributed by atoms with Gasteiger partial charge >= 0.3 is 0 Å². The zero-order valence-corrected chi connectivity index (χ0v) is 11.5. The highest BCUT2D eigenvalue weighted by atomic mass is 16.5. The van der Waals surface area contributed by atoms with Crippen LogP contribution in [0, 0.1) is 0 Å². The minimum absolute atomic E-state index is 0.508. The fourth-order valence-electron chi connectivity index (χ4n) is 2.51. The van der Waals surface area contributed by atoms with Gasteiger partial charge in [0.25, 0.3) is 0 Å². The minimum atomic E-state index is 0.508. The van der Waals surface area contributed by atoms with Crippen LogP contribution in [0.5, 0.6) is 0 Å². The molecule has 3 rings (SSSR count). The van der Waals surface area contributed by atoms with Gasteiger partial charge in [0.15, 0.2) is 0 Å². The lowest BCUT2D eigenvalue weighted by Crippen LogP contribution is -2.36. The maximum absolute atomic E-state index is 5.77. The van der Waals surface area contributed by atoms with E-state index in [1.807, 2.05) is 18.3 Å². The Morgan fingerprint density at radius 1 is 1.10 bits per heavy atom. The third kappa shape index (κ3) is 2.66. The van der Waals surface area contributed by atoms with Gasteiger partial charge in [-0.2, -0.15) is 0 Å². The molecule has 0 saturated carbocycles. The summed E-state index contributed by atoms with van der Waals surface area (Å²) in [7, 11) is 0. The van der Waals surface area contributed by atoms with Crippen LogP contribution >= 0.6 is 0 Å². The number of hydrogen-bond acceptors (Lipinski definition) is 4. The summed E-state index contributed by atoms with van der Waals surface area (Å²) >= 11 is 0. The smallest absolute Gasteiger partial charge is 0.0746 e. The highest BCUT2D eigenvalue weighted by molar-refractivity contribution is 5.66. The van der Waals surface area contributed by atoms with Gasteiger partial charge in [0, 0.05) is 37.1 Å². The van der Waals surface area contributed by atoms with Crippen molar-refractivity contribution >= 4 is 5.69 Å². The SMILES string of the molecule is NCc1cccnc1-c1ccc(N2CCOCC2)cc1. The number of pyridine rings is 1. The van der Waals surface area contributed by atoms with Gasteiger partial charge in [0.05, 0.1) is 18.9 Å². The van der Waals surface area contributed by atoms with Crippen molar-refractivity contribution in [2.75, 3.05) is 31.2 Å². The normalized spacial score (nSPS) is 15.3. The third-order valence-electron chi connectivity index (χ3n) is 3.63. The summed E-state index contributed by atoms with van der Waals surface area (Å²) in [5.41, 5.74) is 10.2. The molecular weight excluding hydrogens is 250 g/mol. The molecular formula is C16H19N3O. The third-order valence-corrected chi connectivity index (χ3v) is 3.63. The molecule has 4 heteroatoms. The lowest BCUT2D eigenvalue weighted by atomic mass is 10.1. The summed E-state index contributed by atoms with van der Waals surface area (Å²) in [6.45, 7) is 4.03. The van der Waals surface area contributed by atoms with Crippen molar-refractivity contribution in [3.05, 3.63) is 48.2 Å². The summed E-state index contributed by atoms with van der Waals surface area (Å²) in [5, 5.41) is 0. The second-order valence-corrected chi connectivity index (χ2v) is 4.86. The number of anilines is 1. The van der Waals surface area contributed by atoms with E-state index in [-0.39, 0.29) is 0 Å². The first-order chi connectivity index (χ1) is 9.88. The Hall–Kier alpha value is -1.91. The maximum Gasteiger partial charge on any atom is 0.0746 e. The predicted octanol–water partition coefficient (Wildman–Crippen LogP) is 2.04. The predicted molar refractivity (Wildman–Crippen MR) is 80.6 cm³/mol. The van der Waals surface area contributed by atoms with E-state index in [0.29, 0.717) is 6.54 Å². The quantitative estimate of drug-likeness (QED) is 0.926. The molecule has 1 fully saturated rings. The van der Waals surface area contributed by atoms with E-state index in [1.165, 1.54) is 5.69 Å². The number of nitrogens with two attached hydrogens (primary N) is 1. The van der Waals surface area contributed by atoms with Crippen LogP contribution < -0.4 is 10.6 Å². The Bertz CT molecular complexity index is 562. The van der Waals surface area contributed by atoms with Crippen molar-refractivity contribution in [1.82, 2.24) is 4.98 Å². The average Bonchev–Trinajstić information content (AvgIpc) is 2.56. The standard InChI is InChI=1S/C16H19N3O/c17-12-14-2-1-7-18-16(14)13-3-5-15(6-4-13)19-8-10-20-11-9-19/h1-7H,8-12,17H2. The first-order valence-corrected chi connectivity index (χ1v) is 6.95. The Kier molecular flexibility index (Phi) is 3.95. The van der Waals surface area contributed by atoms with Crippen molar-refractivity contribution in [3.63, 3.8) is 0 Å². The van der Waals surface area contributed by atoms with Crippen molar-refractivity contribution < 1.29 is 4.74 Å². The van der Waals surface area contributed by atoms with Crippen molar-refractivity contribution in [3.8, 4) is 11.3 Å². The van der Waals surface area contributed by atoms with Crippen LogP contribution in [0.1, 0.15) is 5.56 Å². The Morgan fingerprint density at radius 3 is 2.55 bits per heavy atom. The molecule has 104 valence electrons. The first kappa shape index (κ1) is 13.1. The Balaban J connectivity index is 1.85. The number of rotatable bonds is 3. The Morgan fingerprint density at radius 2 is 1.85 bits per heavy atom. The summed E-state index contributed by atoms with van der Waals surface area (Å²) in [5.74, 6) is 0. The van der Waals surface area contributed by atoms with Crippen LogP contribution in [-0.4, -0.2) is 31.3 Å². The van der Waals surface area contributed by atoms with E-state index < -0.39 is 0 Å². The summed E-state index contributed by atoms with van der Waals surface area (Å²) < 4.78 is 5.38. The molecule has 0 aliphatic carbocycles. The molecule has 2 aromatic rings. The lowest BCUT2D eigenvalue weighted by molar-refractivity contribution is 0.122. The van der Waals surface area contributed by atoms with Gasteiger partial charge in [-0.3, -0.25) is 4.98 Å². The first-order valence-electron chi connectivity index (χ1n) is 6.95. The summed E-state index contributed by atoms with van der Waals surface area (Å²) in [6, 6.07) is 12.5. The van der Waals surface area contributed by atoms with Gasteiger partial charge in [-0.1, -0.05) is 18.2 Å². The van der Waals surface area contributed by atoms with Gasteiger partial charge in [-0.15, -0.1) is 0 Å². The van der Waals surface area contributed by atoms with Crippen molar-refractivity contribution in [1.29, 1.82) is 0 Å². The molecule has 1 aromatic heterocycles. The maximum atomic E-state index is 5.77. The number of nitrogens with zero attached hydrogens (tertiary/aromatic N) is 2.